The highest BCUT2D eigenvalue weighted by Gasteiger charge is 2.20. The zero-order valence-corrected chi connectivity index (χ0v) is 16.3. The molecule has 1 aromatic rings. The van der Waals surface area contributed by atoms with Crippen LogP contribution in [0.2, 0.25) is 0 Å². The van der Waals surface area contributed by atoms with Crippen LogP contribution in [0.15, 0.2) is 9.52 Å². The summed E-state index contributed by atoms with van der Waals surface area (Å²) in [7, 11) is 3.90. The van der Waals surface area contributed by atoms with E-state index in [9.17, 15) is 0 Å². The molecule has 0 amide bonds. The Morgan fingerprint density at radius 1 is 1.36 bits per heavy atom. The maximum Gasteiger partial charge on any atom is 0.246 e. The Morgan fingerprint density at radius 2 is 2.05 bits per heavy atom. The van der Waals surface area contributed by atoms with Gasteiger partial charge >= 0.3 is 0 Å². The van der Waals surface area contributed by atoms with Crippen molar-refractivity contribution in [2.24, 2.45) is 16.8 Å². The first-order valence-electron chi connectivity index (χ1n) is 7.79. The van der Waals surface area contributed by atoms with Gasteiger partial charge in [0.25, 0.3) is 0 Å². The van der Waals surface area contributed by atoms with Crippen LogP contribution < -0.4 is 5.32 Å². The summed E-state index contributed by atoms with van der Waals surface area (Å²) < 4.78 is 5.10. The summed E-state index contributed by atoms with van der Waals surface area (Å²) in [6.45, 7) is 5.74. The van der Waals surface area contributed by atoms with Crippen LogP contribution in [0.5, 0.6) is 0 Å². The summed E-state index contributed by atoms with van der Waals surface area (Å²) in [6.07, 6.45) is 5.36. The lowest BCUT2D eigenvalue weighted by Crippen LogP contribution is -2.41. The molecular formula is C15H28IN5O. The summed E-state index contributed by atoms with van der Waals surface area (Å²) in [4.78, 5) is 10.7. The van der Waals surface area contributed by atoms with Crippen molar-refractivity contribution in [3.63, 3.8) is 0 Å². The molecule has 1 saturated carbocycles. The molecule has 0 atom stereocenters. The van der Waals surface area contributed by atoms with Gasteiger partial charge in [-0.1, -0.05) is 24.9 Å². The summed E-state index contributed by atoms with van der Waals surface area (Å²) in [6, 6.07) is 0. The topological polar surface area (TPSA) is 66.5 Å². The molecule has 1 fully saturated rings. The van der Waals surface area contributed by atoms with Crippen LogP contribution in [0.25, 0.3) is 0 Å². The number of aromatic nitrogens is 2. The van der Waals surface area contributed by atoms with Crippen LogP contribution in [0, 0.1) is 18.8 Å². The molecule has 2 rings (SSSR count). The molecule has 0 saturated heterocycles. The van der Waals surface area contributed by atoms with Crippen LogP contribution in [0.1, 0.15) is 44.3 Å². The summed E-state index contributed by atoms with van der Waals surface area (Å²) in [5, 5.41) is 7.06. The first-order valence-corrected chi connectivity index (χ1v) is 7.79. The van der Waals surface area contributed by atoms with Gasteiger partial charge in [0.15, 0.2) is 11.8 Å². The molecule has 0 radical (unpaired) electrons. The molecule has 1 aliphatic rings. The molecule has 22 heavy (non-hydrogen) atoms. The average Bonchev–Trinajstić information content (AvgIpc) is 2.88. The zero-order valence-electron chi connectivity index (χ0n) is 14.0. The Kier molecular flexibility index (Phi) is 8.13. The second-order valence-corrected chi connectivity index (χ2v) is 6.14. The van der Waals surface area contributed by atoms with Crippen LogP contribution in [0.4, 0.5) is 0 Å². The van der Waals surface area contributed by atoms with E-state index in [0.29, 0.717) is 18.3 Å². The van der Waals surface area contributed by atoms with Crippen molar-refractivity contribution in [2.45, 2.75) is 46.1 Å². The quantitative estimate of drug-likeness (QED) is 0.460. The molecule has 7 heteroatoms. The summed E-state index contributed by atoms with van der Waals surface area (Å²) in [5.41, 5.74) is 0. The van der Waals surface area contributed by atoms with Gasteiger partial charge in [0.1, 0.15) is 0 Å². The maximum atomic E-state index is 5.10. The average molecular weight is 421 g/mol. The van der Waals surface area contributed by atoms with E-state index in [4.69, 9.17) is 4.52 Å². The number of halogens is 1. The second kappa shape index (κ2) is 9.32. The molecule has 126 valence electrons. The minimum Gasteiger partial charge on any atom is -0.347 e. The molecule has 0 spiro atoms. The number of nitrogens with one attached hydrogen (secondary N) is 1. The van der Waals surface area contributed by atoms with Gasteiger partial charge in [-0.25, -0.2) is 0 Å². The minimum absolute atomic E-state index is 0. The maximum absolute atomic E-state index is 5.10. The van der Waals surface area contributed by atoms with E-state index in [2.05, 4.69) is 39.3 Å². The van der Waals surface area contributed by atoms with Crippen molar-refractivity contribution < 1.29 is 4.52 Å². The van der Waals surface area contributed by atoms with E-state index in [1.54, 1.807) is 7.05 Å². The van der Waals surface area contributed by atoms with E-state index in [0.717, 1.165) is 24.3 Å². The Labute approximate surface area is 150 Å². The third-order valence-electron chi connectivity index (χ3n) is 4.21. The van der Waals surface area contributed by atoms with Crippen molar-refractivity contribution in [2.75, 3.05) is 20.6 Å². The predicted octanol–water partition coefficient (Wildman–Crippen LogP) is 2.83. The smallest absolute Gasteiger partial charge is 0.246 e. The number of rotatable bonds is 4. The molecule has 1 N–H and O–H groups in total. The summed E-state index contributed by atoms with van der Waals surface area (Å²) in [5.74, 6) is 3.80. The van der Waals surface area contributed by atoms with Gasteiger partial charge in [-0.15, -0.1) is 24.0 Å². The second-order valence-electron chi connectivity index (χ2n) is 6.14. The molecule has 1 heterocycles. The number of aryl methyl sites for hydroxylation is 1. The van der Waals surface area contributed by atoms with Crippen molar-refractivity contribution in [3.8, 4) is 0 Å². The lowest BCUT2D eigenvalue weighted by atomic mass is 9.83. The molecule has 1 aromatic heterocycles. The first-order chi connectivity index (χ1) is 10.1. The number of nitrogens with zero attached hydrogens (tertiary/aromatic N) is 4. The standard InChI is InChI=1S/C15H27N5O.HI/c1-11-5-7-13(8-6-11)10-20(4)15(16-3)17-9-14-18-12(2)19-21-14;/h11,13H,5-10H2,1-4H3,(H,16,17);1H. The van der Waals surface area contributed by atoms with E-state index >= 15 is 0 Å². The van der Waals surface area contributed by atoms with Crippen LogP contribution in [0.3, 0.4) is 0 Å². The fraction of sp³-hybridized carbons (Fsp3) is 0.800. The SMILES string of the molecule is CN=C(NCc1nc(C)no1)N(C)CC1CCC(C)CC1.I. The van der Waals surface area contributed by atoms with Gasteiger partial charge in [-0.05, 0) is 31.6 Å². The highest BCUT2D eigenvalue weighted by atomic mass is 127. The monoisotopic (exact) mass is 421 g/mol. The molecule has 0 bridgehead atoms. The molecule has 0 unspecified atom stereocenters. The highest BCUT2D eigenvalue weighted by Crippen LogP contribution is 2.28. The summed E-state index contributed by atoms with van der Waals surface area (Å²) >= 11 is 0. The van der Waals surface area contributed by atoms with Crippen LogP contribution >= 0.6 is 24.0 Å². The van der Waals surface area contributed by atoms with Crippen LogP contribution in [-0.2, 0) is 6.54 Å². The van der Waals surface area contributed by atoms with Crippen molar-refractivity contribution in [1.29, 1.82) is 0 Å². The largest absolute Gasteiger partial charge is 0.347 e. The number of aliphatic imine (C=N–C) groups is 1. The fourth-order valence-electron chi connectivity index (χ4n) is 2.94. The zero-order chi connectivity index (χ0) is 15.2. The Hall–Kier alpha value is -0.860. The predicted molar refractivity (Wildman–Crippen MR) is 98.4 cm³/mol. The third kappa shape index (κ3) is 5.73. The van der Waals surface area contributed by atoms with Gasteiger partial charge < -0.3 is 14.7 Å². The lowest BCUT2D eigenvalue weighted by Gasteiger charge is -2.31. The first kappa shape index (κ1) is 19.2. The van der Waals surface area contributed by atoms with Gasteiger partial charge in [-0.3, -0.25) is 4.99 Å². The van der Waals surface area contributed by atoms with E-state index in [-0.39, 0.29) is 24.0 Å². The normalized spacial score (nSPS) is 22.1. The molecular weight excluding hydrogens is 393 g/mol. The number of hydrogen-bond acceptors (Lipinski definition) is 4. The van der Waals surface area contributed by atoms with Gasteiger partial charge in [0, 0.05) is 20.6 Å². The van der Waals surface area contributed by atoms with E-state index in [1.165, 1.54) is 25.7 Å². The van der Waals surface area contributed by atoms with Gasteiger partial charge in [0.2, 0.25) is 5.89 Å². The third-order valence-corrected chi connectivity index (χ3v) is 4.21. The van der Waals surface area contributed by atoms with Gasteiger partial charge in [0.05, 0.1) is 6.54 Å². The fourth-order valence-corrected chi connectivity index (χ4v) is 2.94. The molecule has 0 aromatic carbocycles. The highest BCUT2D eigenvalue weighted by molar-refractivity contribution is 14.0. The lowest BCUT2D eigenvalue weighted by molar-refractivity contribution is 0.249. The Morgan fingerprint density at radius 3 is 2.59 bits per heavy atom. The molecule has 0 aliphatic heterocycles. The number of hydrogen-bond donors (Lipinski definition) is 1. The number of guanidine groups is 1. The molecule has 1 aliphatic carbocycles. The van der Waals surface area contributed by atoms with Crippen molar-refractivity contribution >= 4 is 29.9 Å². The Balaban J connectivity index is 0.00000242. The van der Waals surface area contributed by atoms with E-state index in [1.807, 2.05) is 6.92 Å². The minimum atomic E-state index is 0. The van der Waals surface area contributed by atoms with Gasteiger partial charge in [-0.2, -0.15) is 4.98 Å². The Bertz CT molecular complexity index is 468. The van der Waals surface area contributed by atoms with Crippen molar-refractivity contribution in [3.05, 3.63) is 11.7 Å². The van der Waals surface area contributed by atoms with Crippen molar-refractivity contribution in [1.82, 2.24) is 20.4 Å². The van der Waals surface area contributed by atoms with Crippen LogP contribution in [-0.4, -0.2) is 41.6 Å². The van der Waals surface area contributed by atoms with E-state index < -0.39 is 0 Å². The molecule has 6 nitrogen and oxygen atoms in total.